The number of hydrazine groups is 1. The summed E-state index contributed by atoms with van der Waals surface area (Å²) in [5, 5.41) is 0.490. The van der Waals surface area contributed by atoms with E-state index in [1.54, 1.807) is 0 Å². The molecule has 17 heavy (non-hydrogen) atoms. The molecule has 1 rings (SSSR count). The molecule has 0 amide bonds. The van der Waals surface area contributed by atoms with Gasteiger partial charge in [0.25, 0.3) is 0 Å². The first kappa shape index (κ1) is 13.9. The van der Waals surface area contributed by atoms with Crippen LogP contribution >= 0.6 is 0 Å². The van der Waals surface area contributed by atoms with E-state index in [4.69, 9.17) is 5.84 Å². The third kappa shape index (κ3) is 5.13. The molecule has 1 aromatic carbocycles. The second-order valence-corrected chi connectivity index (χ2v) is 5.43. The van der Waals surface area contributed by atoms with Crippen LogP contribution in [0.5, 0.6) is 0 Å². The number of nitrogens with two attached hydrogens (primary N) is 1. The standard InChI is InChI=1S/C12H17N3OSe/c1-2-8-14-12(15-13)17-9-11(16)10-6-4-3-5-7-10/h3-7H,2,8-9,13H2,1H3,(H,14,15). The van der Waals surface area contributed by atoms with Gasteiger partial charge in [-0.25, -0.2) is 0 Å². The van der Waals surface area contributed by atoms with Gasteiger partial charge in [0.2, 0.25) is 0 Å². The van der Waals surface area contributed by atoms with Crippen molar-refractivity contribution >= 4 is 25.5 Å². The van der Waals surface area contributed by atoms with Gasteiger partial charge in [-0.15, -0.1) is 0 Å². The molecule has 0 atom stereocenters. The van der Waals surface area contributed by atoms with Crippen LogP contribution in [0.3, 0.4) is 0 Å². The number of nitrogens with zero attached hydrogens (tertiary/aromatic N) is 1. The number of amidine groups is 1. The van der Waals surface area contributed by atoms with Crippen LogP contribution < -0.4 is 11.3 Å². The predicted molar refractivity (Wildman–Crippen MR) is 71.2 cm³/mol. The van der Waals surface area contributed by atoms with Crippen molar-refractivity contribution < 1.29 is 4.79 Å². The van der Waals surface area contributed by atoms with E-state index in [1.165, 1.54) is 0 Å². The van der Waals surface area contributed by atoms with Crippen molar-refractivity contribution in [1.29, 1.82) is 0 Å². The Balaban J connectivity index is 2.47. The summed E-state index contributed by atoms with van der Waals surface area (Å²) in [5.74, 6) is 5.51. The quantitative estimate of drug-likeness (QED) is 0.207. The number of hydrogen-bond acceptors (Lipinski definition) is 3. The molecule has 4 nitrogen and oxygen atoms in total. The topological polar surface area (TPSA) is 67.5 Å². The third-order valence-electron chi connectivity index (χ3n) is 2.04. The van der Waals surface area contributed by atoms with Gasteiger partial charge in [-0.1, -0.05) is 0 Å². The van der Waals surface area contributed by atoms with E-state index in [9.17, 15) is 4.79 Å². The molecule has 0 unspecified atom stereocenters. The van der Waals surface area contributed by atoms with Gasteiger partial charge in [-0.2, -0.15) is 0 Å². The van der Waals surface area contributed by atoms with E-state index in [0.717, 1.165) is 23.3 Å². The number of carbonyl (C=O) groups is 1. The van der Waals surface area contributed by atoms with Crippen LogP contribution in [0.2, 0.25) is 5.32 Å². The molecular formula is C12H17N3OSe. The average molecular weight is 298 g/mol. The van der Waals surface area contributed by atoms with Gasteiger partial charge in [0.05, 0.1) is 0 Å². The molecule has 0 aliphatic heterocycles. The Labute approximate surface area is 108 Å². The molecular weight excluding hydrogens is 281 g/mol. The summed E-state index contributed by atoms with van der Waals surface area (Å²) in [6, 6.07) is 9.30. The number of hydrogen-bond donors (Lipinski definition) is 2. The molecule has 0 radical (unpaired) electrons. The van der Waals surface area contributed by atoms with Gasteiger partial charge in [-0.3, -0.25) is 0 Å². The van der Waals surface area contributed by atoms with Crippen molar-refractivity contribution in [2.75, 3.05) is 6.54 Å². The van der Waals surface area contributed by atoms with Crippen LogP contribution in [0.1, 0.15) is 23.7 Å². The first-order valence-corrected chi connectivity index (χ1v) is 7.56. The predicted octanol–water partition coefficient (Wildman–Crippen LogP) is 1.22. The fourth-order valence-electron chi connectivity index (χ4n) is 1.19. The Morgan fingerprint density at radius 2 is 2.12 bits per heavy atom. The summed E-state index contributed by atoms with van der Waals surface area (Å²) in [5.41, 5.74) is 3.32. The molecule has 92 valence electrons. The van der Waals surface area contributed by atoms with Gasteiger partial charge in [0.15, 0.2) is 0 Å². The second-order valence-electron chi connectivity index (χ2n) is 3.41. The van der Waals surface area contributed by atoms with E-state index in [0.29, 0.717) is 5.32 Å². The monoisotopic (exact) mass is 299 g/mol. The van der Waals surface area contributed by atoms with E-state index in [2.05, 4.69) is 17.3 Å². The van der Waals surface area contributed by atoms with E-state index < -0.39 is 0 Å². The molecule has 0 bridgehead atoms. The Bertz CT molecular complexity index is 379. The summed E-state index contributed by atoms with van der Waals surface area (Å²) in [7, 11) is 0. The number of Topliss-reactive ketones (excluding diaryl/α,β-unsaturated/α-hetero) is 1. The zero-order chi connectivity index (χ0) is 12.5. The number of nitrogens with one attached hydrogen (secondary N) is 1. The maximum absolute atomic E-state index is 11.8. The molecule has 5 heteroatoms. The van der Waals surface area contributed by atoms with E-state index in [-0.39, 0.29) is 20.7 Å². The summed E-state index contributed by atoms with van der Waals surface area (Å²) >= 11 is -0.0170. The zero-order valence-electron chi connectivity index (χ0n) is 9.85. The fourth-order valence-corrected chi connectivity index (χ4v) is 2.66. The van der Waals surface area contributed by atoms with Crippen molar-refractivity contribution in [2.24, 2.45) is 10.8 Å². The van der Waals surface area contributed by atoms with E-state index in [1.807, 2.05) is 30.3 Å². The molecule has 1 aromatic rings. The van der Waals surface area contributed by atoms with E-state index >= 15 is 0 Å². The summed E-state index contributed by atoms with van der Waals surface area (Å²) in [6.45, 7) is 2.81. The summed E-state index contributed by atoms with van der Waals surface area (Å²) in [4.78, 5) is 16.1. The molecule has 0 aliphatic carbocycles. The Morgan fingerprint density at radius 1 is 1.41 bits per heavy atom. The van der Waals surface area contributed by atoms with Crippen LogP contribution in [0.4, 0.5) is 0 Å². The minimum atomic E-state index is -0.0170. The molecule has 0 heterocycles. The van der Waals surface area contributed by atoms with Gasteiger partial charge in [0.1, 0.15) is 0 Å². The molecule has 0 aromatic heterocycles. The van der Waals surface area contributed by atoms with Gasteiger partial charge in [0, 0.05) is 0 Å². The molecule has 0 saturated heterocycles. The Kier molecular flexibility index (Phi) is 6.55. The molecule has 0 saturated carbocycles. The molecule has 3 N–H and O–H groups in total. The van der Waals surface area contributed by atoms with Crippen molar-refractivity contribution in [1.82, 2.24) is 5.43 Å². The van der Waals surface area contributed by atoms with Crippen molar-refractivity contribution in [2.45, 2.75) is 18.7 Å². The first-order valence-electron chi connectivity index (χ1n) is 5.50. The molecule has 0 fully saturated rings. The van der Waals surface area contributed by atoms with Gasteiger partial charge < -0.3 is 0 Å². The van der Waals surface area contributed by atoms with Crippen LogP contribution in [-0.4, -0.2) is 32.0 Å². The van der Waals surface area contributed by atoms with Crippen LogP contribution in [0.25, 0.3) is 0 Å². The number of rotatable bonds is 6. The van der Waals surface area contributed by atoms with Crippen molar-refractivity contribution in [3.63, 3.8) is 0 Å². The minimum absolute atomic E-state index is 0.0170. The zero-order valence-corrected chi connectivity index (χ0v) is 11.6. The van der Waals surface area contributed by atoms with Crippen molar-refractivity contribution in [3.05, 3.63) is 35.9 Å². The average Bonchev–Trinajstić information content (AvgIpc) is 2.39. The van der Waals surface area contributed by atoms with Crippen LogP contribution in [0, 0.1) is 0 Å². The third-order valence-corrected chi connectivity index (χ3v) is 3.98. The fraction of sp³-hybridized carbons (Fsp3) is 0.333. The Morgan fingerprint density at radius 3 is 2.71 bits per heavy atom. The first-order chi connectivity index (χ1) is 8.27. The number of benzene rings is 1. The van der Waals surface area contributed by atoms with Crippen LogP contribution in [-0.2, 0) is 0 Å². The second kappa shape index (κ2) is 8.01. The summed E-state index contributed by atoms with van der Waals surface area (Å²) in [6.07, 6.45) is 0.980. The number of ketones is 1. The SMILES string of the molecule is CCCN=C(NN)[Se]CC(=O)c1ccccc1. The maximum atomic E-state index is 11.8. The van der Waals surface area contributed by atoms with Gasteiger partial charge >= 0.3 is 108 Å². The van der Waals surface area contributed by atoms with Crippen molar-refractivity contribution in [3.8, 4) is 0 Å². The van der Waals surface area contributed by atoms with Gasteiger partial charge in [-0.05, 0) is 0 Å². The molecule has 0 aliphatic rings. The normalized spacial score (nSPS) is 11.3. The Hall–Kier alpha value is -1.16. The summed E-state index contributed by atoms with van der Waals surface area (Å²) < 4.78 is 0.753. The molecule has 0 spiro atoms. The van der Waals surface area contributed by atoms with Crippen LogP contribution in [0.15, 0.2) is 35.3 Å². The number of aliphatic imine (C=N–C) groups is 1. The number of carbonyl (C=O) groups excluding carboxylic acids is 1.